The predicted molar refractivity (Wildman–Crippen MR) is 94.3 cm³/mol. The normalized spacial score (nSPS) is 15.8. The van der Waals surface area contributed by atoms with Gasteiger partial charge in [0.2, 0.25) is 5.43 Å². The van der Waals surface area contributed by atoms with E-state index in [0.29, 0.717) is 0 Å². The zero-order valence-electron chi connectivity index (χ0n) is 12.4. The number of benzene rings is 1. The number of hydrogen-bond acceptors (Lipinski definition) is 3. The monoisotopic (exact) mass is 358 g/mol. The van der Waals surface area contributed by atoms with Crippen LogP contribution in [0.15, 0.2) is 63.9 Å². The SMILES string of the molecule is O=c1cccccc1N1CCN(Cc2cccc(Br)c2)CC1. The van der Waals surface area contributed by atoms with Crippen LogP contribution < -0.4 is 10.3 Å². The van der Waals surface area contributed by atoms with Gasteiger partial charge in [0.05, 0.1) is 5.69 Å². The lowest BCUT2D eigenvalue weighted by Gasteiger charge is -2.35. The topological polar surface area (TPSA) is 23.6 Å². The average molecular weight is 359 g/mol. The van der Waals surface area contributed by atoms with Gasteiger partial charge in [0.15, 0.2) is 0 Å². The molecule has 0 saturated carbocycles. The Hall–Kier alpha value is -1.65. The van der Waals surface area contributed by atoms with Gasteiger partial charge in [-0.1, -0.05) is 46.3 Å². The van der Waals surface area contributed by atoms with Crippen molar-refractivity contribution in [3.63, 3.8) is 0 Å². The van der Waals surface area contributed by atoms with Crippen molar-refractivity contribution in [2.45, 2.75) is 6.54 Å². The van der Waals surface area contributed by atoms with E-state index in [0.717, 1.165) is 42.9 Å². The van der Waals surface area contributed by atoms with Crippen LogP contribution in [0.3, 0.4) is 0 Å². The van der Waals surface area contributed by atoms with Crippen molar-refractivity contribution in [1.82, 2.24) is 4.90 Å². The fraction of sp³-hybridized carbons (Fsp3) is 0.278. The van der Waals surface area contributed by atoms with E-state index in [1.165, 1.54) is 5.56 Å². The van der Waals surface area contributed by atoms with Gasteiger partial charge in [0.1, 0.15) is 0 Å². The zero-order valence-corrected chi connectivity index (χ0v) is 14.0. The van der Waals surface area contributed by atoms with Gasteiger partial charge in [-0.25, -0.2) is 0 Å². The van der Waals surface area contributed by atoms with Crippen molar-refractivity contribution in [2.75, 3.05) is 31.1 Å². The second-order valence-electron chi connectivity index (χ2n) is 5.55. The molecule has 114 valence electrons. The van der Waals surface area contributed by atoms with E-state index in [2.05, 4.69) is 43.9 Å². The summed E-state index contributed by atoms with van der Waals surface area (Å²) in [5.41, 5.74) is 2.23. The molecule has 0 aliphatic carbocycles. The maximum atomic E-state index is 12.1. The smallest absolute Gasteiger partial charge is 0.201 e. The second kappa shape index (κ2) is 7.07. The van der Waals surface area contributed by atoms with Gasteiger partial charge in [0.25, 0.3) is 0 Å². The molecule has 3 nitrogen and oxygen atoms in total. The van der Waals surface area contributed by atoms with E-state index in [1.54, 1.807) is 12.1 Å². The summed E-state index contributed by atoms with van der Waals surface area (Å²) in [7, 11) is 0. The van der Waals surface area contributed by atoms with E-state index >= 15 is 0 Å². The lowest BCUT2D eigenvalue weighted by molar-refractivity contribution is 0.249. The molecule has 0 spiro atoms. The first kappa shape index (κ1) is 15.3. The molecule has 22 heavy (non-hydrogen) atoms. The van der Waals surface area contributed by atoms with Crippen molar-refractivity contribution in [1.29, 1.82) is 0 Å². The summed E-state index contributed by atoms with van der Waals surface area (Å²) in [5, 5.41) is 0. The molecule has 1 aliphatic heterocycles. The summed E-state index contributed by atoms with van der Waals surface area (Å²) in [6, 6.07) is 17.6. The van der Waals surface area contributed by atoms with Crippen molar-refractivity contribution in [2.24, 2.45) is 0 Å². The Balaban J connectivity index is 1.63. The van der Waals surface area contributed by atoms with Gasteiger partial charge in [-0.3, -0.25) is 9.69 Å². The van der Waals surface area contributed by atoms with Crippen molar-refractivity contribution >= 4 is 21.6 Å². The molecule has 0 amide bonds. The van der Waals surface area contributed by atoms with Crippen LogP contribution in [0.25, 0.3) is 0 Å². The Morgan fingerprint density at radius 2 is 1.68 bits per heavy atom. The van der Waals surface area contributed by atoms with Crippen LogP contribution in [-0.2, 0) is 6.54 Å². The minimum Gasteiger partial charge on any atom is -0.366 e. The second-order valence-corrected chi connectivity index (χ2v) is 6.47. The lowest BCUT2D eigenvalue weighted by atomic mass is 10.2. The molecule has 1 fully saturated rings. The number of rotatable bonds is 3. The Morgan fingerprint density at radius 3 is 2.45 bits per heavy atom. The molecule has 0 radical (unpaired) electrons. The molecular weight excluding hydrogens is 340 g/mol. The summed E-state index contributed by atoms with van der Waals surface area (Å²) >= 11 is 3.52. The van der Waals surface area contributed by atoms with E-state index in [9.17, 15) is 4.79 Å². The first-order valence-electron chi connectivity index (χ1n) is 7.53. The number of anilines is 1. The van der Waals surface area contributed by atoms with Gasteiger partial charge < -0.3 is 4.90 Å². The summed E-state index contributed by atoms with van der Waals surface area (Å²) in [4.78, 5) is 16.7. The van der Waals surface area contributed by atoms with Crippen LogP contribution in [0, 0.1) is 0 Å². The highest BCUT2D eigenvalue weighted by molar-refractivity contribution is 9.10. The van der Waals surface area contributed by atoms with E-state index < -0.39 is 0 Å². The van der Waals surface area contributed by atoms with Crippen LogP contribution >= 0.6 is 15.9 Å². The third-order valence-corrected chi connectivity index (χ3v) is 4.48. The summed E-state index contributed by atoms with van der Waals surface area (Å²) in [6.45, 7) is 4.70. The molecule has 2 aromatic rings. The number of piperazine rings is 1. The predicted octanol–water partition coefficient (Wildman–Crippen LogP) is 3.13. The summed E-state index contributed by atoms with van der Waals surface area (Å²) in [6.07, 6.45) is 0. The molecule has 0 aromatic heterocycles. The first-order valence-corrected chi connectivity index (χ1v) is 8.33. The third-order valence-electron chi connectivity index (χ3n) is 3.98. The summed E-state index contributed by atoms with van der Waals surface area (Å²) in [5.74, 6) is 0. The highest BCUT2D eigenvalue weighted by Gasteiger charge is 2.18. The first-order chi connectivity index (χ1) is 10.7. The number of hydrogen-bond donors (Lipinski definition) is 0. The van der Waals surface area contributed by atoms with Crippen LogP contribution in [0.5, 0.6) is 0 Å². The molecule has 1 saturated heterocycles. The number of halogens is 1. The summed E-state index contributed by atoms with van der Waals surface area (Å²) < 4.78 is 1.12. The highest BCUT2D eigenvalue weighted by atomic mass is 79.9. The maximum Gasteiger partial charge on any atom is 0.201 e. The lowest BCUT2D eigenvalue weighted by Crippen LogP contribution is -2.47. The molecule has 0 bridgehead atoms. The fourth-order valence-corrected chi connectivity index (χ4v) is 3.27. The average Bonchev–Trinajstić information content (AvgIpc) is 2.73. The van der Waals surface area contributed by atoms with Gasteiger partial charge in [-0.2, -0.15) is 0 Å². The molecule has 3 rings (SSSR count). The minimum atomic E-state index is 0.102. The Labute approximate surface area is 139 Å². The Morgan fingerprint density at radius 1 is 0.909 bits per heavy atom. The van der Waals surface area contributed by atoms with Gasteiger partial charge in [0, 0.05) is 37.2 Å². The van der Waals surface area contributed by atoms with Gasteiger partial charge >= 0.3 is 0 Å². The van der Waals surface area contributed by atoms with E-state index in [1.807, 2.05) is 24.3 Å². The molecule has 0 N–H and O–H groups in total. The van der Waals surface area contributed by atoms with Gasteiger partial charge in [-0.05, 0) is 29.8 Å². The van der Waals surface area contributed by atoms with Crippen LogP contribution in [-0.4, -0.2) is 31.1 Å². The van der Waals surface area contributed by atoms with Gasteiger partial charge in [-0.15, -0.1) is 0 Å². The number of nitrogens with zero attached hydrogens (tertiary/aromatic N) is 2. The van der Waals surface area contributed by atoms with Crippen LogP contribution in [0.2, 0.25) is 0 Å². The van der Waals surface area contributed by atoms with E-state index in [4.69, 9.17) is 0 Å². The molecule has 1 aliphatic rings. The zero-order chi connectivity index (χ0) is 15.4. The van der Waals surface area contributed by atoms with Crippen molar-refractivity contribution < 1.29 is 0 Å². The quantitative estimate of drug-likeness (QED) is 0.841. The molecule has 0 unspecified atom stereocenters. The molecule has 2 aromatic carbocycles. The van der Waals surface area contributed by atoms with Crippen LogP contribution in [0.4, 0.5) is 5.69 Å². The van der Waals surface area contributed by atoms with Crippen molar-refractivity contribution in [3.05, 3.63) is 74.9 Å². The highest BCUT2D eigenvalue weighted by Crippen LogP contribution is 2.16. The largest absolute Gasteiger partial charge is 0.366 e. The van der Waals surface area contributed by atoms with Crippen molar-refractivity contribution in [3.8, 4) is 0 Å². The third kappa shape index (κ3) is 3.76. The van der Waals surface area contributed by atoms with E-state index in [-0.39, 0.29) is 5.43 Å². The van der Waals surface area contributed by atoms with Crippen LogP contribution in [0.1, 0.15) is 5.56 Å². The Bertz CT molecular complexity index is 696. The maximum absolute atomic E-state index is 12.1. The Kier molecular flexibility index (Phi) is 4.90. The molecule has 1 heterocycles. The molecule has 4 heteroatoms. The molecule has 0 atom stereocenters. The standard InChI is InChI=1S/C18H19BrN2O/c19-16-6-4-5-15(13-16)14-20-9-11-21(12-10-20)17-7-2-1-3-8-18(17)22/h1-8,13H,9-12,14H2. The minimum absolute atomic E-state index is 0.102. The fourth-order valence-electron chi connectivity index (χ4n) is 2.82. The molecular formula is C18H19BrN2O.